The normalized spacial score (nSPS) is 15.6. The third kappa shape index (κ3) is 5.90. The first-order valence-corrected chi connectivity index (χ1v) is 10.3. The van der Waals surface area contributed by atoms with Crippen LogP contribution in [0.2, 0.25) is 5.02 Å². The van der Waals surface area contributed by atoms with Gasteiger partial charge in [-0.1, -0.05) is 25.4 Å². The van der Waals surface area contributed by atoms with Crippen LogP contribution in [0.1, 0.15) is 24.2 Å². The molecule has 1 N–H and O–H groups in total. The molecule has 1 heterocycles. The minimum Gasteiger partial charge on any atom is -0.452 e. The van der Waals surface area contributed by atoms with E-state index in [1.807, 2.05) is 13.8 Å². The van der Waals surface area contributed by atoms with Crippen LogP contribution in [-0.4, -0.2) is 64.1 Å². The quantitative estimate of drug-likeness (QED) is 0.669. The molecule has 0 bridgehead atoms. The average molecular weight is 419 g/mol. The number of carbonyl (C=O) groups is 2. The molecule has 0 aliphatic carbocycles. The van der Waals surface area contributed by atoms with Gasteiger partial charge in [0.05, 0.1) is 23.8 Å². The van der Waals surface area contributed by atoms with E-state index in [-0.39, 0.29) is 34.5 Å². The smallest absolute Gasteiger partial charge is 0.338 e. The van der Waals surface area contributed by atoms with Gasteiger partial charge in [0.1, 0.15) is 4.90 Å². The van der Waals surface area contributed by atoms with Gasteiger partial charge in [0.25, 0.3) is 5.91 Å². The molecule has 0 aromatic heterocycles. The van der Waals surface area contributed by atoms with Crippen molar-refractivity contribution < 1.29 is 27.5 Å². The van der Waals surface area contributed by atoms with E-state index in [2.05, 4.69) is 5.32 Å². The minimum absolute atomic E-state index is 0.00268. The Morgan fingerprint density at radius 3 is 2.59 bits per heavy atom. The number of hydrogen-bond acceptors (Lipinski definition) is 6. The number of esters is 1. The van der Waals surface area contributed by atoms with Crippen molar-refractivity contribution in [3.05, 3.63) is 28.8 Å². The molecule has 1 aromatic carbocycles. The predicted octanol–water partition coefficient (Wildman–Crippen LogP) is 1.29. The van der Waals surface area contributed by atoms with Crippen LogP contribution in [0.5, 0.6) is 0 Å². The lowest BCUT2D eigenvalue weighted by molar-refractivity contribution is -0.124. The monoisotopic (exact) mass is 418 g/mol. The first-order valence-electron chi connectivity index (χ1n) is 8.53. The molecule has 1 aliphatic heterocycles. The van der Waals surface area contributed by atoms with Gasteiger partial charge in [0.2, 0.25) is 10.0 Å². The fourth-order valence-corrected chi connectivity index (χ4v) is 4.25. The van der Waals surface area contributed by atoms with E-state index in [9.17, 15) is 18.0 Å². The Kier molecular flexibility index (Phi) is 7.60. The lowest BCUT2D eigenvalue weighted by Crippen LogP contribution is -2.40. The van der Waals surface area contributed by atoms with Crippen molar-refractivity contribution >= 4 is 33.5 Å². The topological polar surface area (TPSA) is 102 Å². The first-order chi connectivity index (χ1) is 12.7. The number of ether oxygens (including phenoxy) is 2. The van der Waals surface area contributed by atoms with Crippen LogP contribution in [0.25, 0.3) is 0 Å². The molecule has 0 saturated carbocycles. The number of hydrogen-bond donors (Lipinski definition) is 1. The highest BCUT2D eigenvalue weighted by Crippen LogP contribution is 2.26. The maximum atomic E-state index is 12.8. The molecule has 10 heteroatoms. The van der Waals surface area contributed by atoms with Crippen LogP contribution in [0.15, 0.2) is 23.1 Å². The van der Waals surface area contributed by atoms with Gasteiger partial charge in [0.15, 0.2) is 6.61 Å². The summed E-state index contributed by atoms with van der Waals surface area (Å²) in [5, 5.41) is 2.63. The Morgan fingerprint density at radius 1 is 1.30 bits per heavy atom. The lowest BCUT2D eigenvalue weighted by atomic mass is 10.2. The van der Waals surface area contributed by atoms with E-state index in [1.165, 1.54) is 22.5 Å². The van der Waals surface area contributed by atoms with Gasteiger partial charge in [-0.25, -0.2) is 13.2 Å². The Balaban J connectivity index is 2.09. The van der Waals surface area contributed by atoms with Gasteiger partial charge < -0.3 is 14.8 Å². The molecule has 1 aromatic rings. The average Bonchev–Trinajstić information content (AvgIpc) is 2.65. The number of benzene rings is 1. The molecule has 0 unspecified atom stereocenters. The number of morpholine rings is 1. The number of rotatable bonds is 7. The van der Waals surface area contributed by atoms with Gasteiger partial charge in [-0.15, -0.1) is 0 Å². The zero-order valence-corrected chi connectivity index (χ0v) is 16.8. The van der Waals surface area contributed by atoms with E-state index in [4.69, 9.17) is 21.1 Å². The molecule has 27 heavy (non-hydrogen) atoms. The van der Waals surface area contributed by atoms with E-state index in [0.29, 0.717) is 19.8 Å². The van der Waals surface area contributed by atoms with Crippen LogP contribution >= 0.6 is 11.6 Å². The molecule has 1 amide bonds. The summed E-state index contributed by atoms with van der Waals surface area (Å²) in [6, 6.07) is 3.85. The second kappa shape index (κ2) is 9.50. The second-order valence-corrected chi connectivity index (χ2v) is 8.75. The first kappa shape index (κ1) is 21.6. The zero-order valence-electron chi connectivity index (χ0n) is 15.2. The van der Waals surface area contributed by atoms with E-state index in [1.54, 1.807) is 0 Å². The summed E-state index contributed by atoms with van der Waals surface area (Å²) in [5.41, 5.74) is 0.00268. The van der Waals surface area contributed by atoms with Gasteiger partial charge >= 0.3 is 5.97 Å². The van der Waals surface area contributed by atoms with E-state index >= 15 is 0 Å². The molecule has 1 fully saturated rings. The summed E-state index contributed by atoms with van der Waals surface area (Å²) in [6.45, 7) is 4.92. The number of nitrogens with one attached hydrogen (secondary N) is 1. The number of nitrogens with zero attached hydrogens (tertiary/aromatic N) is 1. The molecule has 0 radical (unpaired) electrons. The van der Waals surface area contributed by atoms with Crippen LogP contribution < -0.4 is 5.32 Å². The molecular formula is C17H23ClN2O6S. The number of halogens is 1. The Hall–Kier alpha value is -1.68. The fraction of sp³-hybridized carbons (Fsp3) is 0.529. The Labute approximate surface area is 163 Å². The highest BCUT2D eigenvalue weighted by Gasteiger charge is 2.29. The summed E-state index contributed by atoms with van der Waals surface area (Å²) in [7, 11) is -3.86. The van der Waals surface area contributed by atoms with Crippen molar-refractivity contribution in [2.45, 2.75) is 18.7 Å². The maximum Gasteiger partial charge on any atom is 0.338 e. The number of sulfonamides is 1. The fourth-order valence-electron chi connectivity index (χ4n) is 2.34. The highest BCUT2D eigenvalue weighted by molar-refractivity contribution is 7.89. The Bertz CT molecular complexity index is 791. The molecule has 1 aliphatic rings. The summed E-state index contributed by atoms with van der Waals surface area (Å²) in [4.78, 5) is 23.7. The third-order valence-corrected chi connectivity index (χ3v) is 6.18. The molecule has 0 spiro atoms. The van der Waals surface area contributed by atoms with Gasteiger partial charge in [0, 0.05) is 19.6 Å². The molecule has 8 nitrogen and oxygen atoms in total. The maximum absolute atomic E-state index is 12.8. The minimum atomic E-state index is -3.86. The van der Waals surface area contributed by atoms with Crippen LogP contribution in [0.3, 0.4) is 0 Å². The summed E-state index contributed by atoms with van der Waals surface area (Å²) in [6.07, 6.45) is 0. The summed E-state index contributed by atoms with van der Waals surface area (Å²) < 4.78 is 36.9. The Morgan fingerprint density at radius 2 is 1.96 bits per heavy atom. The van der Waals surface area contributed by atoms with Crippen molar-refractivity contribution in [1.82, 2.24) is 9.62 Å². The molecular weight excluding hydrogens is 396 g/mol. The molecule has 2 rings (SSSR count). The van der Waals surface area contributed by atoms with Crippen LogP contribution in [0, 0.1) is 5.92 Å². The summed E-state index contributed by atoms with van der Waals surface area (Å²) >= 11 is 6.05. The third-order valence-electron chi connectivity index (χ3n) is 3.80. The number of amides is 1. The number of carbonyl (C=O) groups excluding carboxylic acids is 2. The molecule has 1 saturated heterocycles. The van der Waals surface area contributed by atoms with Crippen molar-refractivity contribution in [2.24, 2.45) is 5.92 Å². The summed E-state index contributed by atoms with van der Waals surface area (Å²) in [5.74, 6) is -0.953. The van der Waals surface area contributed by atoms with E-state index in [0.717, 1.165) is 0 Å². The van der Waals surface area contributed by atoms with Gasteiger partial charge in [-0.2, -0.15) is 4.31 Å². The molecule has 0 atom stereocenters. The van der Waals surface area contributed by atoms with Crippen LogP contribution in [0.4, 0.5) is 0 Å². The largest absolute Gasteiger partial charge is 0.452 e. The predicted molar refractivity (Wildman–Crippen MR) is 99.2 cm³/mol. The van der Waals surface area contributed by atoms with Crippen molar-refractivity contribution in [1.29, 1.82) is 0 Å². The van der Waals surface area contributed by atoms with Gasteiger partial charge in [-0.05, 0) is 24.1 Å². The SMILES string of the molecule is CC(C)CNC(=O)COC(=O)c1ccc(Cl)c(S(=O)(=O)N2CCOCC2)c1. The highest BCUT2D eigenvalue weighted by atomic mass is 35.5. The van der Waals surface area contributed by atoms with Crippen molar-refractivity contribution in [3.8, 4) is 0 Å². The van der Waals surface area contributed by atoms with Crippen molar-refractivity contribution in [2.75, 3.05) is 39.5 Å². The zero-order chi connectivity index (χ0) is 20.0. The van der Waals surface area contributed by atoms with Crippen molar-refractivity contribution in [3.63, 3.8) is 0 Å². The molecule has 150 valence electrons. The lowest BCUT2D eigenvalue weighted by Gasteiger charge is -2.26. The standard InChI is InChI=1S/C17H23ClN2O6S/c1-12(2)10-19-16(21)11-26-17(22)13-3-4-14(18)15(9-13)27(23,24)20-5-7-25-8-6-20/h3-4,9,12H,5-8,10-11H2,1-2H3,(H,19,21). The van der Waals surface area contributed by atoms with Crippen LogP contribution in [-0.2, 0) is 24.3 Å². The van der Waals surface area contributed by atoms with E-state index < -0.39 is 28.5 Å². The van der Waals surface area contributed by atoms with Gasteiger partial charge in [-0.3, -0.25) is 4.79 Å². The second-order valence-electron chi connectivity index (χ2n) is 6.44.